The highest BCUT2D eigenvalue weighted by molar-refractivity contribution is 5.36. The van der Waals surface area contributed by atoms with E-state index < -0.39 is 0 Å². The lowest BCUT2D eigenvalue weighted by Crippen LogP contribution is -2.25. The van der Waals surface area contributed by atoms with Crippen molar-refractivity contribution in [2.75, 3.05) is 5.32 Å². The van der Waals surface area contributed by atoms with Crippen LogP contribution in [-0.2, 0) is 7.05 Å². The van der Waals surface area contributed by atoms with Crippen LogP contribution in [0, 0.1) is 12.8 Å². The fourth-order valence-corrected chi connectivity index (χ4v) is 2.24. The first-order valence-electron chi connectivity index (χ1n) is 5.92. The molecule has 1 aromatic heterocycles. The molecule has 0 unspecified atom stereocenters. The second kappa shape index (κ2) is 4.25. The highest BCUT2D eigenvalue weighted by Gasteiger charge is 2.18. The summed E-state index contributed by atoms with van der Waals surface area (Å²) in [7, 11) is 1.99. The molecule has 84 valence electrons. The molecule has 1 aromatic rings. The molecular weight excluding hydrogens is 186 g/mol. The molecule has 1 N–H and O–H groups in total. The molecule has 0 radical (unpaired) electrons. The van der Waals surface area contributed by atoms with E-state index in [0.29, 0.717) is 6.04 Å². The molecule has 1 aliphatic carbocycles. The molecule has 2 rings (SSSR count). The number of nitrogens with zero attached hydrogens (tertiary/aromatic N) is 2. The van der Waals surface area contributed by atoms with Crippen molar-refractivity contribution in [3.8, 4) is 0 Å². The lowest BCUT2D eigenvalue weighted by molar-refractivity contribution is 0.360. The Bertz CT molecular complexity index is 302. The summed E-state index contributed by atoms with van der Waals surface area (Å²) in [6, 6.07) is 2.76. The van der Waals surface area contributed by atoms with Crippen molar-refractivity contribution in [1.82, 2.24) is 9.78 Å². The summed E-state index contributed by atoms with van der Waals surface area (Å²) < 4.78 is 1.92. The summed E-state index contributed by atoms with van der Waals surface area (Å²) in [5, 5.41) is 7.96. The predicted octanol–water partition coefficient (Wildman–Crippen LogP) is 2.72. The van der Waals surface area contributed by atoms with Gasteiger partial charge >= 0.3 is 0 Å². The molecule has 0 aromatic carbocycles. The molecule has 0 spiro atoms. The van der Waals surface area contributed by atoms with Crippen molar-refractivity contribution < 1.29 is 0 Å². The van der Waals surface area contributed by atoms with Gasteiger partial charge in [0.15, 0.2) is 0 Å². The Morgan fingerprint density at radius 3 is 2.53 bits per heavy atom. The first kappa shape index (κ1) is 10.5. The van der Waals surface area contributed by atoms with E-state index in [1.807, 2.05) is 11.7 Å². The van der Waals surface area contributed by atoms with Crippen molar-refractivity contribution in [3.05, 3.63) is 11.8 Å². The zero-order valence-corrected chi connectivity index (χ0v) is 9.95. The van der Waals surface area contributed by atoms with Crippen LogP contribution in [0.4, 0.5) is 5.82 Å². The lowest BCUT2D eigenvalue weighted by Gasteiger charge is -2.26. The Kier molecular flexibility index (Phi) is 2.98. The van der Waals surface area contributed by atoms with E-state index in [-0.39, 0.29) is 0 Å². The van der Waals surface area contributed by atoms with Gasteiger partial charge in [-0.15, -0.1) is 0 Å². The topological polar surface area (TPSA) is 29.9 Å². The van der Waals surface area contributed by atoms with Crippen LogP contribution in [0.2, 0.25) is 0 Å². The van der Waals surface area contributed by atoms with Crippen molar-refractivity contribution in [2.45, 2.75) is 45.6 Å². The molecule has 3 heteroatoms. The van der Waals surface area contributed by atoms with Gasteiger partial charge in [0, 0.05) is 24.8 Å². The number of hydrogen-bond donors (Lipinski definition) is 1. The zero-order chi connectivity index (χ0) is 10.8. The second-order valence-electron chi connectivity index (χ2n) is 4.90. The third kappa shape index (κ3) is 2.52. The fourth-order valence-electron chi connectivity index (χ4n) is 2.24. The highest BCUT2D eigenvalue weighted by atomic mass is 15.3. The quantitative estimate of drug-likeness (QED) is 0.808. The van der Waals surface area contributed by atoms with Gasteiger partial charge in [0.05, 0.1) is 0 Å². The maximum Gasteiger partial charge on any atom is 0.148 e. The van der Waals surface area contributed by atoms with Crippen LogP contribution < -0.4 is 5.32 Å². The van der Waals surface area contributed by atoms with Crippen LogP contribution in [0.15, 0.2) is 6.07 Å². The summed E-state index contributed by atoms with van der Waals surface area (Å²) in [6.45, 7) is 4.43. The van der Waals surface area contributed by atoms with Gasteiger partial charge in [-0.2, -0.15) is 5.10 Å². The highest BCUT2D eigenvalue weighted by Crippen LogP contribution is 2.25. The third-order valence-electron chi connectivity index (χ3n) is 3.48. The Balaban J connectivity index is 1.91. The lowest BCUT2D eigenvalue weighted by atomic mass is 9.87. The standard InChI is InChI=1S/C12H21N3/c1-9-4-6-11(7-5-9)13-12-8-10(2)15(3)14-12/h8-9,11H,4-7H2,1-3H3,(H,13,14). The molecular formula is C12H21N3. The summed E-state index contributed by atoms with van der Waals surface area (Å²) >= 11 is 0. The largest absolute Gasteiger partial charge is 0.366 e. The number of rotatable bonds is 2. The molecule has 0 amide bonds. The van der Waals surface area contributed by atoms with E-state index in [0.717, 1.165) is 11.7 Å². The van der Waals surface area contributed by atoms with Gasteiger partial charge in [0.2, 0.25) is 0 Å². The first-order chi connectivity index (χ1) is 7.15. The van der Waals surface area contributed by atoms with Gasteiger partial charge in [-0.25, -0.2) is 0 Å². The van der Waals surface area contributed by atoms with Crippen LogP contribution >= 0.6 is 0 Å². The predicted molar refractivity (Wildman–Crippen MR) is 63.0 cm³/mol. The van der Waals surface area contributed by atoms with Gasteiger partial charge in [-0.1, -0.05) is 6.92 Å². The van der Waals surface area contributed by atoms with E-state index in [4.69, 9.17) is 0 Å². The Morgan fingerprint density at radius 1 is 1.33 bits per heavy atom. The monoisotopic (exact) mass is 207 g/mol. The summed E-state index contributed by atoms with van der Waals surface area (Å²) in [5.74, 6) is 1.95. The summed E-state index contributed by atoms with van der Waals surface area (Å²) in [6.07, 6.45) is 5.28. The molecule has 0 bridgehead atoms. The van der Waals surface area contributed by atoms with E-state index in [9.17, 15) is 0 Å². The van der Waals surface area contributed by atoms with Crippen molar-refractivity contribution in [2.24, 2.45) is 13.0 Å². The minimum atomic E-state index is 0.635. The van der Waals surface area contributed by atoms with Gasteiger partial charge in [0.25, 0.3) is 0 Å². The first-order valence-corrected chi connectivity index (χ1v) is 5.92. The molecule has 0 atom stereocenters. The number of anilines is 1. The normalized spacial score (nSPS) is 26.6. The number of aryl methyl sites for hydroxylation is 2. The van der Waals surface area contributed by atoms with Crippen molar-refractivity contribution >= 4 is 5.82 Å². The van der Waals surface area contributed by atoms with E-state index >= 15 is 0 Å². The number of aromatic nitrogens is 2. The van der Waals surface area contributed by atoms with Gasteiger partial charge in [0.1, 0.15) is 5.82 Å². The van der Waals surface area contributed by atoms with E-state index in [2.05, 4.69) is 30.3 Å². The Labute approximate surface area is 91.9 Å². The molecule has 1 heterocycles. The third-order valence-corrected chi connectivity index (χ3v) is 3.48. The average molecular weight is 207 g/mol. The number of nitrogens with one attached hydrogen (secondary N) is 1. The second-order valence-corrected chi connectivity index (χ2v) is 4.90. The zero-order valence-electron chi connectivity index (χ0n) is 9.95. The molecule has 0 saturated heterocycles. The average Bonchev–Trinajstić information content (AvgIpc) is 2.50. The maximum atomic E-state index is 4.43. The Hall–Kier alpha value is -0.990. The molecule has 0 aliphatic heterocycles. The minimum absolute atomic E-state index is 0.635. The van der Waals surface area contributed by atoms with Crippen LogP contribution in [0.3, 0.4) is 0 Å². The smallest absolute Gasteiger partial charge is 0.148 e. The molecule has 3 nitrogen and oxygen atoms in total. The van der Waals surface area contributed by atoms with Crippen molar-refractivity contribution in [3.63, 3.8) is 0 Å². The van der Waals surface area contributed by atoms with Crippen LogP contribution in [0.1, 0.15) is 38.3 Å². The molecule has 1 fully saturated rings. The molecule has 1 saturated carbocycles. The van der Waals surface area contributed by atoms with Gasteiger partial charge < -0.3 is 5.32 Å². The van der Waals surface area contributed by atoms with E-state index in [1.54, 1.807) is 0 Å². The molecule has 1 aliphatic rings. The van der Waals surface area contributed by atoms with Crippen molar-refractivity contribution in [1.29, 1.82) is 0 Å². The summed E-state index contributed by atoms with van der Waals surface area (Å²) in [5.41, 5.74) is 1.21. The van der Waals surface area contributed by atoms with Gasteiger partial charge in [-0.05, 0) is 38.5 Å². The maximum absolute atomic E-state index is 4.43. The van der Waals surface area contributed by atoms with E-state index in [1.165, 1.54) is 31.4 Å². The fraction of sp³-hybridized carbons (Fsp3) is 0.750. The minimum Gasteiger partial charge on any atom is -0.366 e. The Morgan fingerprint density at radius 2 is 2.00 bits per heavy atom. The number of hydrogen-bond acceptors (Lipinski definition) is 2. The summed E-state index contributed by atoms with van der Waals surface area (Å²) in [4.78, 5) is 0. The van der Waals surface area contributed by atoms with Gasteiger partial charge in [-0.3, -0.25) is 4.68 Å². The SMILES string of the molecule is Cc1cc(NC2CCC(C)CC2)nn1C. The van der Waals surface area contributed by atoms with Crippen LogP contribution in [0.5, 0.6) is 0 Å². The van der Waals surface area contributed by atoms with Crippen LogP contribution in [0.25, 0.3) is 0 Å². The molecule has 15 heavy (non-hydrogen) atoms. The van der Waals surface area contributed by atoms with Crippen LogP contribution in [-0.4, -0.2) is 15.8 Å².